The van der Waals surface area contributed by atoms with Crippen LogP contribution in [0.2, 0.25) is 0 Å². The highest BCUT2D eigenvalue weighted by molar-refractivity contribution is 7.78. The second kappa shape index (κ2) is 8.15. The van der Waals surface area contributed by atoms with Gasteiger partial charge in [-0.05, 0) is 79.1 Å². The minimum atomic E-state index is -0.890. The van der Waals surface area contributed by atoms with Gasteiger partial charge in [0.25, 0.3) is 0 Å². The van der Waals surface area contributed by atoms with Gasteiger partial charge in [-0.2, -0.15) is 4.99 Å². The zero-order chi connectivity index (χ0) is 18.7. The maximum Gasteiger partial charge on any atom is 0.153 e. The van der Waals surface area contributed by atoms with Crippen molar-refractivity contribution >= 4 is 23.1 Å². The molecule has 0 atom stereocenters. The van der Waals surface area contributed by atoms with E-state index in [-0.39, 0.29) is 11.1 Å². The zero-order valence-corrected chi connectivity index (χ0v) is 15.4. The molecule has 2 aromatic carbocycles. The van der Waals surface area contributed by atoms with Crippen LogP contribution in [-0.4, -0.2) is 5.16 Å². The van der Waals surface area contributed by atoms with Gasteiger partial charge < -0.3 is 0 Å². The van der Waals surface area contributed by atoms with Gasteiger partial charge in [0.15, 0.2) is 11.6 Å². The summed E-state index contributed by atoms with van der Waals surface area (Å²) in [6, 6.07) is 7.12. The molecule has 0 aliphatic heterocycles. The maximum absolute atomic E-state index is 14.6. The standard InChI is InChI=1S/C21H20F3NS/c1-2-13-3-5-14(6-4-13)15-7-8-17(18(22)9-15)16-10-19(23)21(25-12-26)20(24)11-16/h7-11,13-14H,2-6H2,1H3. The fraction of sp³-hybridized carbons (Fsp3) is 0.381. The van der Waals surface area contributed by atoms with Gasteiger partial charge >= 0.3 is 0 Å². The Balaban J connectivity index is 1.88. The molecule has 136 valence electrons. The van der Waals surface area contributed by atoms with Crippen molar-refractivity contribution in [3.63, 3.8) is 0 Å². The van der Waals surface area contributed by atoms with E-state index in [1.807, 2.05) is 11.2 Å². The minimum Gasteiger partial charge on any atom is -0.206 e. The molecule has 5 heteroatoms. The number of isothiocyanates is 1. The van der Waals surface area contributed by atoms with E-state index in [4.69, 9.17) is 0 Å². The fourth-order valence-corrected chi connectivity index (χ4v) is 3.89. The summed E-state index contributed by atoms with van der Waals surface area (Å²) in [5.41, 5.74) is 0.769. The zero-order valence-electron chi connectivity index (χ0n) is 14.6. The van der Waals surface area contributed by atoms with E-state index in [1.165, 1.54) is 25.3 Å². The second-order valence-electron chi connectivity index (χ2n) is 6.86. The van der Waals surface area contributed by atoms with Crippen molar-refractivity contribution in [2.24, 2.45) is 10.9 Å². The summed E-state index contributed by atoms with van der Waals surface area (Å²) >= 11 is 4.38. The largest absolute Gasteiger partial charge is 0.206 e. The second-order valence-corrected chi connectivity index (χ2v) is 7.04. The van der Waals surface area contributed by atoms with E-state index in [0.717, 1.165) is 36.5 Å². The Bertz CT molecular complexity index is 827. The van der Waals surface area contributed by atoms with Gasteiger partial charge in [0.05, 0.1) is 5.16 Å². The highest BCUT2D eigenvalue weighted by atomic mass is 32.1. The normalized spacial score (nSPS) is 19.8. The molecule has 1 fully saturated rings. The van der Waals surface area contributed by atoms with E-state index in [9.17, 15) is 13.2 Å². The smallest absolute Gasteiger partial charge is 0.153 e. The van der Waals surface area contributed by atoms with Crippen molar-refractivity contribution in [1.82, 2.24) is 0 Å². The lowest BCUT2D eigenvalue weighted by Crippen LogP contribution is -2.12. The van der Waals surface area contributed by atoms with Crippen molar-refractivity contribution in [1.29, 1.82) is 0 Å². The van der Waals surface area contributed by atoms with Gasteiger partial charge in [-0.15, -0.1) is 0 Å². The average molecular weight is 375 g/mol. The molecule has 0 aromatic heterocycles. The van der Waals surface area contributed by atoms with Crippen LogP contribution in [-0.2, 0) is 0 Å². The van der Waals surface area contributed by atoms with Crippen LogP contribution in [0.25, 0.3) is 11.1 Å². The molecule has 1 aliphatic carbocycles. The summed E-state index contributed by atoms with van der Waals surface area (Å²) in [5, 5.41) is 1.94. The molecule has 1 aliphatic rings. The van der Waals surface area contributed by atoms with Crippen molar-refractivity contribution in [2.75, 3.05) is 0 Å². The molecule has 3 rings (SSSR count). The summed E-state index contributed by atoms with van der Waals surface area (Å²) in [6.45, 7) is 2.21. The van der Waals surface area contributed by atoms with Crippen LogP contribution in [0.5, 0.6) is 0 Å². The first-order chi connectivity index (χ1) is 12.5. The number of benzene rings is 2. The van der Waals surface area contributed by atoms with Gasteiger partial charge in [-0.25, -0.2) is 13.2 Å². The fourth-order valence-electron chi connectivity index (χ4n) is 3.80. The minimum absolute atomic E-state index is 0.141. The van der Waals surface area contributed by atoms with Crippen LogP contribution in [0.15, 0.2) is 35.3 Å². The maximum atomic E-state index is 14.6. The summed E-state index contributed by atoms with van der Waals surface area (Å²) in [6.07, 6.45) is 5.65. The van der Waals surface area contributed by atoms with Crippen molar-refractivity contribution in [3.05, 3.63) is 53.3 Å². The molecule has 2 aromatic rings. The molecule has 0 N–H and O–H groups in total. The van der Waals surface area contributed by atoms with Crippen LogP contribution in [0.1, 0.15) is 50.5 Å². The van der Waals surface area contributed by atoms with Crippen LogP contribution in [0, 0.1) is 23.4 Å². The number of hydrogen-bond acceptors (Lipinski definition) is 2. The molecule has 1 nitrogen and oxygen atoms in total. The Kier molecular flexibility index (Phi) is 5.90. The van der Waals surface area contributed by atoms with Crippen LogP contribution >= 0.6 is 12.2 Å². The number of rotatable bonds is 4. The molecule has 0 saturated heterocycles. The van der Waals surface area contributed by atoms with Crippen LogP contribution < -0.4 is 0 Å². The van der Waals surface area contributed by atoms with Gasteiger partial charge in [-0.1, -0.05) is 25.5 Å². The number of nitrogens with zero attached hydrogens (tertiary/aromatic N) is 1. The highest BCUT2D eigenvalue weighted by Crippen LogP contribution is 2.38. The van der Waals surface area contributed by atoms with Crippen molar-refractivity contribution in [3.8, 4) is 11.1 Å². The van der Waals surface area contributed by atoms with E-state index < -0.39 is 23.1 Å². The Hall–Kier alpha value is -1.97. The summed E-state index contributed by atoms with van der Waals surface area (Å²) in [5.74, 6) is -1.12. The van der Waals surface area contributed by atoms with Crippen molar-refractivity contribution in [2.45, 2.75) is 44.9 Å². The SMILES string of the molecule is CCC1CCC(c2ccc(-c3cc(F)c(N=C=S)c(F)c3)c(F)c2)CC1. The topological polar surface area (TPSA) is 12.4 Å². The van der Waals surface area contributed by atoms with Gasteiger partial charge in [0.2, 0.25) is 0 Å². The van der Waals surface area contributed by atoms with E-state index in [2.05, 4.69) is 24.1 Å². The first-order valence-corrected chi connectivity index (χ1v) is 9.31. The number of thiocarbonyl (C=S) groups is 1. The van der Waals surface area contributed by atoms with E-state index in [0.29, 0.717) is 5.92 Å². The lowest BCUT2D eigenvalue weighted by Gasteiger charge is -2.28. The molecule has 0 spiro atoms. The highest BCUT2D eigenvalue weighted by Gasteiger charge is 2.22. The number of halogens is 3. The molecule has 1 saturated carbocycles. The average Bonchev–Trinajstić information content (AvgIpc) is 2.64. The first-order valence-electron chi connectivity index (χ1n) is 8.90. The molecule has 0 bridgehead atoms. The summed E-state index contributed by atoms with van der Waals surface area (Å²) < 4.78 is 42.7. The molecular weight excluding hydrogens is 355 g/mol. The lowest BCUT2D eigenvalue weighted by molar-refractivity contribution is 0.318. The quantitative estimate of drug-likeness (QED) is 0.407. The lowest BCUT2D eigenvalue weighted by atomic mass is 9.77. The third-order valence-electron chi connectivity index (χ3n) is 5.37. The summed E-state index contributed by atoms with van der Waals surface area (Å²) in [7, 11) is 0. The van der Waals surface area contributed by atoms with E-state index >= 15 is 0 Å². The predicted octanol–water partition coefficient (Wildman–Crippen LogP) is 7.19. The molecule has 0 unspecified atom stereocenters. The molecular formula is C21H20F3NS. The van der Waals surface area contributed by atoms with Crippen LogP contribution in [0.3, 0.4) is 0 Å². The third-order valence-corrected chi connectivity index (χ3v) is 5.47. The van der Waals surface area contributed by atoms with Crippen LogP contribution in [0.4, 0.5) is 18.9 Å². The Morgan fingerprint density at radius 1 is 1.00 bits per heavy atom. The van der Waals surface area contributed by atoms with E-state index in [1.54, 1.807) is 6.07 Å². The van der Waals surface area contributed by atoms with Gasteiger partial charge in [0.1, 0.15) is 11.5 Å². The number of hydrogen-bond donors (Lipinski definition) is 0. The molecule has 0 radical (unpaired) electrons. The Morgan fingerprint density at radius 3 is 2.19 bits per heavy atom. The van der Waals surface area contributed by atoms with Gasteiger partial charge in [-0.3, -0.25) is 0 Å². The predicted molar refractivity (Wildman–Crippen MR) is 101 cm³/mol. The summed E-state index contributed by atoms with van der Waals surface area (Å²) in [4.78, 5) is 3.37. The van der Waals surface area contributed by atoms with Crippen molar-refractivity contribution < 1.29 is 13.2 Å². The molecule has 0 amide bonds. The third kappa shape index (κ3) is 3.89. The monoisotopic (exact) mass is 375 g/mol. The number of aliphatic imine (C=N–C) groups is 1. The molecule has 0 heterocycles. The van der Waals surface area contributed by atoms with Gasteiger partial charge in [0, 0.05) is 5.56 Å². The first kappa shape index (κ1) is 18.8. The molecule has 26 heavy (non-hydrogen) atoms. The Morgan fingerprint density at radius 2 is 1.65 bits per heavy atom. The Labute approximate surface area is 157 Å².